The highest BCUT2D eigenvalue weighted by molar-refractivity contribution is 5.93. The van der Waals surface area contributed by atoms with Gasteiger partial charge in [-0.05, 0) is 51.3 Å². The molecule has 1 saturated heterocycles. The Morgan fingerprint density at radius 2 is 1.67 bits per heavy atom. The maximum Gasteiger partial charge on any atom is 0.238 e. The van der Waals surface area contributed by atoms with Gasteiger partial charge >= 0.3 is 0 Å². The van der Waals surface area contributed by atoms with E-state index in [1.807, 2.05) is 50.8 Å². The standard InChI is InChI=1S/C23H36N4O3/c1-5-26(6-2)22(29)11-8-12-23(30)27-15-13-25(14-16-27)17-21(28)24-20-10-7-9-18(3)19(20)4/h7,9-10H,5-6,8,11-17H2,1-4H3,(H,24,28). The van der Waals surface area contributed by atoms with E-state index < -0.39 is 0 Å². The number of carbonyl (C=O) groups is 3. The zero-order chi connectivity index (χ0) is 22.1. The molecule has 0 aromatic heterocycles. The number of amides is 3. The largest absolute Gasteiger partial charge is 0.343 e. The van der Waals surface area contributed by atoms with Crippen LogP contribution in [-0.2, 0) is 14.4 Å². The molecule has 166 valence electrons. The molecule has 0 unspecified atom stereocenters. The van der Waals surface area contributed by atoms with Crippen molar-refractivity contribution in [3.63, 3.8) is 0 Å². The van der Waals surface area contributed by atoms with Crippen molar-refractivity contribution in [2.45, 2.75) is 47.0 Å². The summed E-state index contributed by atoms with van der Waals surface area (Å²) in [5.41, 5.74) is 3.09. The van der Waals surface area contributed by atoms with Gasteiger partial charge in [0.25, 0.3) is 0 Å². The molecule has 7 nitrogen and oxygen atoms in total. The summed E-state index contributed by atoms with van der Waals surface area (Å²) in [7, 11) is 0. The van der Waals surface area contributed by atoms with E-state index in [1.54, 1.807) is 4.90 Å². The fourth-order valence-corrected chi connectivity index (χ4v) is 3.72. The van der Waals surface area contributed by atoms with Crippen molar-refractivity contribution >= 4 is 23.4 Å². The predicted octanol–water partition coefficient (Wildman–Crippen LogP) is 2.42. The van der Waals surface area contributed by atoms with E-state index in [0.29, 0.717) is 65.1 Å². The molecular weight excluding hydrogens is 380 g/mol. The summed E-state index contributed by atoms with van der Waals surface area (Å²) in [5, 5.41) is 2.99. The first-order chi connectivity index (χ1) is 14.3. The summed E-state index contributed by atoms with van der Waals surface area (Å²) in [4.78, 5) is 42.6. The van der Waals surface area contributed by atoms with Crippen molar-refractivity contribution in [1.29, 1.82) is 0 Å². The van der Waals surface area contributed by atoms with Gasteiger partial charge in [0.2, 0.25) is 17.7 Å². The molecule has 0 bridgehead atoms. The second kappa shape index (κ2) is 11.7. The number of anilines is 1. The third kappa shape index (κ3) is 6.83. The first-order valence-electron chi connectivity index (χ1n) is 11.0. The van der Waals surface area contributed by atoms with Crippen LogP contribution in [0, 0.1) is 13.8 Å². The van der Waals surface area contributed by atoms with E-state index in [9.17, 15) is 14.4 Å². The Bertz CT molecular complexity index is 738. The molecule has 1 fully saturated rings. The lowest BCUT2D eigenvalue weighted by Gasteiger charge is -2.34. The van der Waals surface area contributed by atoms with Crippen molar-refractivity contribution in [1.82, 2.24) is 14.7 Å². The van der Waals surface area contributed by atoms with Crippen LogP contribution in [0.5, 0.6) is 0 Å². The SMILES string of the molecule is CCN(CC)C(=O)CCCC(=O)N1CCN(CC(=O)Nc2cccc(C)c2C)CC1. The Morgan fingerprint density at radius 3 is 2.30 bits per heavy atom. The number of nitrogens with zero attached hydrogens (tertiary/aromatic N) is 3. The van der Waals surface area contributed by atoms with Crippen LogP contribution < -0.4 is 5.32 Å². The predicted molar refractivity (Wildman–Crippen MR) is 119 cm³/mol. The third-order valence-corrected chi connectivity index (χ3v) is 5.87. The minimum absolute atomic E-state index is 0.0293. The number of benzene rings is 1. The summed E-state index contributed by atoms with van der Waals surface area (Å²) < 4.78 is 0. The van der Waals surface area contributed by atoms with Gasteiger partial charge in [-0.25, -0.2) is 0 Å². The second-order valence-corrected chi connectivity index (χ2v) is 7.87. The number of piperazine rings is 1. The molecule has 1 heterocycles. The zero-order valence-corrected chi connectivity index (χ0v) is 18.9. The molecular formula is C23H36N4O3. The van der Waals surface area contributed by atoms with Gasteiger partial charge in [0.1, 0.15) is 0 Å². The maximum absolute atomic E-state index is 12.4. The number of carbonyl (C=O) groups excluding carboxylic acids is 3. The highest BCUT2D eigenvalue weighted by atomic mass is 16.2. The lowest BCUT2D eigenvalue weighted by Crippen LogP contribution is -2.50. The molecule has 7 heteroatoms. The van der Waals surface area contributed by atoms with Crippen LogP contribution in [0.1, 0.15) is 44.2 Å². The summed E-state index contributed by atoms with van der Waals surface area (Å²) in [6.45, 7) is 12.3. The topological polar surface area (TPSA) is 73.0 Å². The number of hydrogen-bond donors (Lipinski definition) is 1. The van der Waals surface area contributed by atoms with Crippen molar-refractivity contribution in [3.05, 3.63) is 29.3 Å². The summed E-state index contributed by atoms with van der Waals surface area (Å²) >= 11 is 0. The summed E-state index contributed by atoms with van der Waals surface area (Å²) in [5.74, 6) is 0.188. The number of aryl methyl sites for hydroxylation is 1. The average molecular weight is 417 g/mol. The lowest BCUT2D eigenvalue weighted by atomic mass is 10.1. The third-order valence-electron chi connectivity index (χ3n) is 5.87. The molecule has 1 N–H and O–H groups in total. The summed E-state index contributed by atoms with van der Waals surface area (Å²) in [6, 6.07) is 5.89. The Morgan fingerprint density at radius 1 is 1.00 bits per heavy atom. The second-order valence-electron chi connectivity index (χ2n) is 7.87. The van der Waals surface area contributed by atoms with Crippen LogP contribution in [0.25, 0.3) is 0 Å². The van der Waals surface area contributed by atoms with Gasteiger partial charge in [-0.15, -0.1) is 0 Å². The van der Waals surface area contributed by atoms with Gasteiger partial charge in [-0.2, -0.15) is 0 Å². The molecule has 0 radical (unpaired) electrons. The van der Waals surface area contributed by atoms with E-state index in [0.717, 1.165) is 16.8 Å². The van der Waals surface area contributed by atoms with Crippen LogP contribution in [0.3, 0.4) is 0 Å². The molecule has 0 saturated carbocycles. The highest BCUT2D eigenvalue weighted by Crippen LogP contribution is 2.18. The van der Waals surface area contributed by atoms with E-state index in [-0.39, 0.29) is 17.7 Å². The van der Waals surface area contributed by atoms with Crippen LogP contribution >= 0.6 is 0 Å². The van der Waals surface area contributed by atoms with E-state index in [4.69, 9.17) is 0 Å². The Balaban J connectivity index is 1.70. The number of nitrogens with one attached hydrogen (secondary N) is 1. The highest BCUT2D eigenvalue weighted by Gasteiger charge is 2.22. The monoisotopic (exact) mass is 416 g/mol. The fourth-order valence-electron chi connectivity index (χ4n) is 3.72. The molecule has 1 aliphatic heterocycles. The van der Waals surface area contributed by atoms with Crippen LogP contribution in [0.15, 0.2) is 18.2 Å². The van der Waals surface area contributed by atoms with Gasteiger partial charge in [-0.3, -0.25) is 19.3 Å². The molecule has 2 rings (SSSR count). The van der Waals surface area contributed by atoms with Gasteiger partial charge in [0.15, 0.2) is 0 Å². The minimum atomic E-state index is -0.0293. The van der Waals surface area contributed by atoms with Crippen molar-refractivity contribution < 1.29 is 14.4 Å². The van der Waals surface area contributed by atoms with Gasteiger partial charge in [-0.1, -0.05) is 12.1 Å². The Hall–Kier alpha value is -2.41. The Kier molecular flexibility index (Phi) is 9.30. The quantitative estimate of drug-likeness (QED) is 0.671. The molecule has 1 aliphatic rings. The number of rotatable bonds is 9. The summed E-state index contributed by atoms with van der Waals surface area (Å²) in [6.07, 6.45) is 1.42. The normalized spacial score (nSPS) is 14.5. The van der Waals surface area contributed by atoms with E-state index >= 15 is 0 Å². The minimum Gasteiger partial charge on any atom is -0.343 e. The van der Waals surface area contributed by atoms with Crippen LogP contribution in [-0.4, -0.2) is 78.2 Å². The van der Waals surface area contributed by atoms with E-state index in [1.165, 1.54) is 0 Å². The first-order valence-corrected chi connectivity index (χ1v) is 11.0. The van der Waals surface area contributed by atoms with Crippen molar-refractivity contribution in [2.24, 2.45) is 0 Å². The van der Waals surface area contributed by atoms with Gasteiger partial charge in [0.05, 0.1) is 6.54 Å². The van der Waals surface area contributed by atoms with Crippen molar-refractivity contribution in [3.8, 4) is 0 Å². The molecule has 3 amide bonds. The first kappa shape index (κ1) is 23.9. The van der Waals surface area contributed by atoms with Crippen molar-refractivity contribution in [2.75, 3.05) is 51.1 Å². The Labute approximate surface area is 180 Å². The zero-order valence-electron chi connectivity index (χ0n) is 18.9. The number of hydrogen-bond acceptors (Lipinski definition) is 4. The molecule has 0 aliphatic carbocycles. The van der Waals surface area contributed by atoms with Gasteiger partial charge in [0, 0.05) is 57.8 Å². The van der Waals surface area contributed by atoms with Crippen LogP contribution in [0.2, 0.25) is 0 Å². The van der Waals surface area contributed by atoms with Gasteiger partial charge < -0.3 is 15.1 Å². The molecule has 30 heavy (non-hydrogen) atoms. The molecule has 0 spiro atoms. The maximum atomic E-state index is 12.4. The average Bonchev–Trinajstić information content (AvgIpc) is 2.72. The smallest absolute Gasteiger partial charge is 0.238 e. The van der Waals surface area contributed by atoms with Crippen LogP contribution in [0.4, 0.5) is 5.69 Å². The molecule has 1 aromatic rings. The molecule has 0 atom stereocenters. The fraction of sp³-hybridized carbons (Fsp3) is 0.609. The molecule has 1 aromatic carbocycles. The lowest BCUT2D eigenvalue weighted by molar-refractivity contribution is -0.133. The van der Waals surface area contributed by atoms with E-state index in [2.05, 4.69) is 10.2 Å².